The summed E-state index contributed by atoms with van der Waals surface area (Å²) in [4.78, 5) is 70.6. The van der Waals surface area contributed by atoms with Crippen molar-refractivity contribution in [3.63, 3.8) is 0 Å². The molecule has 0 saturated carbocycles. The second-order valence-corrected chi connectivity index (χ2v) is 10.7. The summed E-state index contributed by atoms with van der Waals surface area (Å²) in [5, 5.41) is 59.9. The number of ketones is 3. The largest absolute Gasteiger partial charge is 3.00 e. The van der Waals surface area contributed by atoms with E-state index in [-0.39, 0.29) is 88.2 Å². The molecule has 0 saturated heterocycles. The van der Waals surface area contributed by atoms with Crippen LogP contribution in [0.1, 0.15) is 92.4 Å². The number of hydrogen-bond donors (Lipinski definition) is 3. The maximum Gasteiger partial charge on any atom is 3.00 e. The molecule has 0 rings (SSSR count). The molecule has 4 atom stereocenters. The predicted octanol–water partition coefficient (Wildman–Crippen LogP) is -2.36. The van der Waals surface area contributed by atoms with Crippen molar-refractivity contribution in [2.45, 2.75) is 98.4 Å². The van der Waals surface area contributed by atoms with Crippen LogP contribution in [-0.4, -0.2) is 112 Å². The van der Waals surface area contributed by atoms with Gasteiger partial charge in [-0.3, -0.25) is 14.4 Å². The van der Waals surface area contributed by atoms with E-state index in [0.717, 1.165) is 0 Å². The van der Waals surface area contributed by atoms with E-state index in [1.807, 2.05) is 18.7 Å². The molecule has 0 spiro atoms. The van der Waals surface area contributed by atoms with Gasteiger partial charge in [-0.05, 0) is 51.6 Å². The molecule has 0 aliphatic rings. The van der Waals surface area contributed by atoms with Crippen molar-refractivity contribution in [3.05, 3.63) is 0 Å². The zero-order valence-corrected chi connectivity index (χ0v) is 27.9. The Labute approximate surface area is 271 Å². The fourth-order valence-corrected chi connectivity index (χ4v) is 4.79. The first-order chi connectivity index (χ1) is 20.2. The molecule has 250 valence electrons. The molecule has 4 unspecified atom stereocenters. The average Bonchev–Trinajstić information content (AvgIpc) is 2.95. The van der Waals surface area contributed by atoms with Crippen LogP contribution < -0.4 is 15.3 Å². The van der Waals surface area contributed by atoms with Crippen LogP contribution >= 0.6 is 0 Å². The Morgan fingerprint density at radius 2 is 1.00 bits per heavy atom. The number of carbonyl (C=O) groups is 6. The molecule has 0 aliphatic heterocycles. The molecule has 0 aromatic rings. The first-order valence-corrected chi connectivity index (χ1v) is 15.0. The number of carboxylic acid groups (broad SMARTS) is 3. The van der Waals surface area contributed by atoms with Crippen molar-refractivity contribution >= 4 is 52.6 Å². The van der Waals surface area contributed by atoms with E-state index < -0.39 is 58.4 Å². The smallest absolute Gasteiger partial charge is 0.549 e. The van der Waals surface area contributed by atoms with E-state index >= 15 is 0 Å². The minimum atomic E-state index is -1.38. The van der Waals surface area contributed by atoms with Crippen molar-refractivity contribution in [1.29, 1.82) is 0 Å². The standard InChI is InChI=1S/C18H31NO6.C12H22O6.Al/c1-5-13(17(22)23)15(20)10-9-12(19(7-3)8-4)11-16(21)14(6-2)18(24)25;1-2-9(11(17)18)10(16)4-3-5-12(6-13,7-14)8-15;/h12-14H,5-11H2,1-4H3,(H,22,23)(H,24,25);9,13-15H,2-8H2,1H3,(H,17,18);/q;;+3/p-3. The fourth-order valence-electron chi connectivity index (χ4n) is 4.79. The van der Waals surface area contributed by atoms with Crippen LogP contribution in [-0.2, 0) is 28.8 Å². The van der Waals surface area contributed by atoms with Gasteiger partial charge in [-0.25, -0.2) is 0 Å². The van der Waals surface area contributed by atoms with E-state index in [4.69, 9.17) is 15.3 Å². The Kier molecular flexibility index (Phi) is 26.3. The van der Waals surface area contributed by atoms with Crippen molar-refractivity contribution in [3.8, 4) is 0 Å². The summed E-state index contributed by atoms with van der Waals surface area (Å²) in [5.74, 6) is -8.79. The number of carboxylic acids is 3. The van der Waals surface area contributed by atoms with E-state index in [0.29, 0.717) is 25.9 Å². The van der Waals surface area contributed by atoms with Crippen LogP contribution in [0.25, 0.3) is 0 Å². The Morgan fingerprint density at radius 1 is 0.636 bits per heavy atom. The van der Waals surface area contributed by atoms with Crippen LogP contribution in [0.3, 0.4) is 0 Å². The van der Waals surface area contributed by atoms with Gasteiger partial charge in [-0.1, -0.05) is 34.6 Å². The van der Waals surface area contributed by atoms with Crippen LogP contribution in [0, 0.1) is 23.2 Å². The molecule has 3 N–H and O–H groups in total. The first kappa shape index (κ1) is 46.2. The van der Waals surface area contributed by atoms with Crippen molar-refractivity contribution in [2.75, 3.05) is 32.9 Å². The summed E-state index contributed by atoms with van der Waals surface area (Å²) < 4.78 is 0. The van der Waals surface area contributed by atoms with Gasteiger partial charge in [0, 0.05) is 30.7 Å². The maximum absolute atomic E-state index is 12.3. The number of hydrogen-bond acceptors (Lipinski definition) is 13. The first-order valence-electron chi connectivity index (χ1n) is 15.0. The van der Waals surface area contributed by atoms with E-state index in [2.05, 4.69) is 0 Å². The van der Waals surface area contributed by atoms with E-state index in [1.165, 1.54) is 0 Å². The Bertz CT molecular complexity index is 881. The quantitative estimate of drug-likeness (QED) is 0.0738. The number of aliphatic hydroxyl groups is 3. The molecule has 14 heteroatoms. The second-order valence-electron chi connectivity index (χ2n) is 10.7. The van der Waals surface area contributed by atoms with Crippen LogP contribution in [0.4, 0.5) is 0 Å². The zero-order chi connectivity index (χ0) is 33.8. The van der Waals surface area contributed by atoms with Gasteiger partial charge < -0.3 is 49.9 Å². The molecular formula is C30H50AlNO12. The van der Waals surface area contributed by atoms with Crippen molar-refractivity contribution < 1.29 is 59.4 Å². The Morgan fingerprint density at radius 3 is 1.32 bits per heavy atom. The molecular weight excluding hydrogens is 593 g/mol. The molecule has 0 amide bonds. The minimum Gasteiger partial charge on any atom is -0.549 e. The number of Topliss-reactive ketones (excluding diaryl/α,β-unsaturated/α-hetero) is 3. The maximum atomic E-state index is 12.3. The topological polar surface area (TPSA) is 236 Å². The molecule has 13 nitrogen and oxygen atoms in total. The molecule has 44 heavy (non-hydrogen) atoms. The van der Waals surface area contributed by atoms with Gasteiger partial charge in [0.05, 0.1) is 55.5 Å². The summed E-state index contributed by atoms with van der Waals surface area (Å²) in [6.07, 6.45) is 1.44. The van der Waals surface area contributed by atoms with E-state index in [9.17, 15) is 44.1 Å². The summed E-state index contributed by atoms with van der Waals surface area (Å²) in [7, 11) is 0. The number of nitrogens with zero attached hydrogens (tertiary/aromatic N) is 1. The zero-order valence-electron chi connectivity index (χ0n) is 26.7. The monoisotopic (exact) mass is 643 g/mol. The van der Waals surface area contributed by atoms with Crippen molar-refractivity contribution in [2.24, 2.45) is 23.2 Å². The van der Waals surface area contributed by atoms with Gasteiger partial charge in [-0.15, -0.1) is 0 Å². The average molecular weight is 644 g/mol. The van der Waals surface area contributed by atoms with Crippen LogP contribution in [0.5, 0.6) is 0 Å². The number of rotatable bonds is 24. The van der Waals surface area contributed by atoms with Gasteiger partial charge in [0.25, 0.3) is 0 Å². The SMILES string of the molecule is CCC(C(=O)[O-])C(=O)CCC(CC(=O)C(CC)C(=O)[O-])N(CC)CC.CCC(C(=O)[O-])C(=O)CCCC(CO)(CO)CO.[Al+3]. The molecule has 0 bridgehead atoms. The van der Waals surface area contributed by atoms with Crippen LogP contribution in [0.2, 0.25) is 0 Å². The number of aliphatic hydroxyl groups excluding tert-OH is 3. The Hall–Kier alpha value is -2.21. The van der Waals surface area contributed by atoms with Gasteiger partial charge in [0.15, 0.2) is 0 Å². The fraction of sp³-hybridized carbons (Fsp3) is 0.800. The summed E-state index contributed by atoms with van der Waals surface area (Å²) in [6, 6.07) is -0.306. The van der Waals surface area contributed by atoms with E-state index in [1.54, 1.807) is 20.8 Å². The summed E-state index contributed by atoms with van der Waals surface area (Å²) in [6.45, 7) is 8.77. The number of carbonyl (C=O) groups excluding carboxylic acids is 6. The molecule has 0 aliphatic carbocycles. The van der Waals surface area contributed by atoms with Crippen LogP contribution in [0.15, 0.2) is 0 Å². The second kappa shape index (κ2) is 25.0. The normalized spacial score (nSPS) is 13.8. The van der Waals surface area contributed by atoms with Crippen molar-refractivity contribution in [1.82, 2.24) is 4.90 Å². The predicted molar refractivity (Wildman–Crippen MR) is 155 cm³/mol. The van der Waals surface area contributed by atoms with Gasteiger partial charge in [0.2, 0.25) is 0 Å². The molecule has 0 fully saturated rings. The summed E-state index contributed by atoms with van der Waals surface area (Å²) in [5.41, 5.74) is -1.01. The van der Waals surface area contributed by atoms with Gasteiger partial charge in [0.1, 0.15) is 17.3 Å². The molecule has 0 aromatic carbocycles. The molecule has 0 heterocycles. The third-order valence-corrected chi connectivity index (χ3v) is 7.87. The molecule has 0 aromatic heterocycles. The Balaban J connectivity index is -0.000000786. The third kappa shape index (κ3) is 16.2. The number of aliphatic carboxylic acids is 3. The van der Waals surface area contributed by atoms with Gasteiger partial charge >= 0.3 is 17.4 Å². The third-order valence-electron chi connectivity index (χ3n) is 7.87. The van der Waals surface area contributed by atoms with Gasteiger partial charge in [-0.2, -0.15) is 0 Å². The molecule has 0 radical (unpaired) electrons. The minimum absolute atomic E-state index is 0. The summed E-state index contributed by atoms with van der Waals surface area (Å²) >= 11 is 0.